The minimum absolute atomic E-state index is 0.189. The lowest BCUT2D eigenvalue weighted by molar-refractivity contribution is 0.666. The van der Waals surface area contributed by atoms with Gasteiger partial charge in [-0.2, -0.15) is 5.26 Å². The molecule has 0 aliphatic heterocycles. The number of rotatable bonds is 5. The molecule has 0 bridgehead atoms. The Bertz CT molecular complexity index is 2910. The molecule has 10 rings (SSSR count). The van der Waals surface area contributed by atoms with Crippen molar-refractivity contribution >= 4 is 21.8 Å². The second-order valence-electron chi connectivity index (χ2n) is 14.4. The molecule has 5 nitrogen and oxygen atoms in total. The molecule has 1 aliphatic rings. The second kappa shape index (κ2) is 12.2. The highest BCUT2D eigenvalue weighted by atomic mass is 15.0. The molecule has 1 aliphatic carbocycles. The third-order valence-corrected chi connectivity index (χ3v) is 10.8. The smallest absolute Gasteiger partial charge is 0.164 e. The quantitative estimate of drug-likeness (QED) is 0.180. The van der Waals surface area contributed by atoms with Crippen molar-refractivity contribution in [1.82, 2.24) is 19.5 Å². The van der Waals surface area contributed by atoms with Crippen molar-refractivity contribution in [2.75, 3.05) is 0 Å². The van der Waals surface area contributed by atoms with Gasteiger partial charge in [0.1, 0.15) is 0 Å². The number of benzene rings is 7. The molecule has 0 unspecified atom stereocenters. The topological polar surface area (TPSA) is 67.4 Å². The minimum atomic E-state index is -0.189. The van der Waals surface area contributed by atoms with Crippen LogP contribution in [0.5, 0.6) is 0 Å². The van der Waals surface area contributed by atoms with E-state index in [9.17, 15) is 5.26 Å². The lowest BCUT2D eigenvalue weighted by Crippen LogP contribution is -2.15. The van der Waals surface area contributed by atoms with E-state index in [1.807, 2.05) is 84.9 Å². The average molecular weight is 692 g/mol. The van der Waals surface area contributed by atoms with Gasteiger partial charge in [0.15, 0.2) is 17.5 Å². The summed E-state index contributed by atoms with van der Waals surface area (Å²) in [5.74, 6) is 1.74. The van der Waals surface area contributed by atoms with Gasteiger partial charge in [0, 0.05) is 38.6 Å². The van der Waals surface area contributed by atoms with Crippen molar-refractivity contribution < 1.29 is 0 Å². The van der Waals surface area contributed by atoms with Gasteiger partial charge in [0.2, 0.25) is 0 Å². The van der Waals surface area contributed by atoms with E-state index in [-0.39, 0.29) is 5.41 Å². The van der Waals surface area contributed by atoms with Gasteiger partial charge in [0.25, 0.3) is 0 Å². The first-order chi connectivity index (χ1) is 26.5. The summed E-state index contributed by atoms with van der Waals surface area (Å²) in [6.07, 6.45) is 0. The van der Waals surface area contributed by atoms with E-state index >= 15 is 0 Å². The van der Waals surface area contributed by atoms with Crippen LogP contribution in [-0.2, 0) is 5.41 Å². The van der Waals surface area contributed by atoms with Gasteiger partial charge >= 0.3 is 0 Å². The van der Waals surface area contributed by atoms with Gasteiger partial charge in [-0.25, -0.2) is 15.0 Å². The maximum absolute atomic E-state index is 10.3. The number of para-hydroxylation sites is 1. The zero-order valence-corrected chi connectivity index (χ0v) is 29.8. The van der Waals surface area contributed by atoms with Crippen molar-refractivity contribution in [2.24, 2.45) is 0 Å². The van der Waals surface area contributed by atoms with Crippen molar-refractivity contribution in [2.45, 2.75) is 19.3 Å². The van der Waals surface area contributed by atoms with E-state index in [1.165, 1.54) is 33.0 Å². The normalized spacial score (nSPS) is 12.8. The van der Waals surface area contributed by atoms with E-state index in [2.05, 4.69) is 103 Å². The highest BCUT2D eigenvalue weighted by Gasteiger charge is 2.38. The van der Waals surface area contributed by atoms with Crippen molar-refractivity contribution in [1.29, 1.82) is 5.26 Å². The summed E-state index contributed by atoms with van der Waals surface area (Å²) in [4.78, 5) is 15.2. The van der Waals surface area contributed by atoms with Crippen LogP contribution < -0.4 is 0 Å². The first-order valence-electron chi connectivity index (χ1n) is 18.2. The molecule has 7 aromatic carbocycles. The molecule has 54 heavy (non-hydrogen) atoms. The molecule has 2 heterocycles. The van der Waals surface area contributed by atoms with E-state index < -0.39 is 0 Å². The molecule has 0 saturated carbocycles. The van der Waals surface area contributed by atoms with Gasteiger partial charge in [-0.15, -0.1) is 0 Å². The number of hydrogen-bond donors (Lipinski definition) is 0. The van der Waals surface area contributed by atoms with Crippen LogP contribution in [0.2, 0.25) is 0 Å². The fourth-order valence-corrected chi connectivity index (χ4v) is 8.40. The number of fused-ring (bicyclic) bond motifs is 7. The molecule has 0 fully saturated rings. The minimum Gasteiger partial charge on any atom is -0.309 e. The molecule has 5 heteroatoms. The summed E-state index contributed by atoms with van der Waals surface area (Å²) in [5.41, 5.74) is 13.3. The zero-order chi connectivity index (χ0) is 36.4. The molecule has 254 valence electrons. The Kier molecular flexibility index (Phi) is 7.14. The Morgan fingerprint density at radius 2 is 1.07 bits per heavy atom. The molecule has 9 aromatic rings. The van der Waals surface area contributed by atoms with Crippen molar-refractivity contribution in [3.05, 3.63) is 180 Å². The lowest BCUT2D eigenvalue weighted by atomic mass is 9.80. The van der Waals surface area contributed by atoms with E-state index in [0.29, 0.717) is 23.0 Å². The second-order valence-corrected chi connectivity index (χ2v) is 14.4. The van der Waals surface area contributed by atoms with Gasteiger partial charge < -0.3 is 4.57 Å². The van der Waals surface area contributed by atoms with Gasteiger partial charge in [-0.1, -0.05) is 141 Å². The number of nitrogens with zero attached hydrogens (tertiary/aromatic N) is 5. The van der Waals surface area contributed by atoms with Crippen molar-refractivity contribution in [3.63, 3.8) is 0 Å². The SMILES string of the molecule is CC1(C)c2ccccc2-c2ccc3c(c21)c1ccccc1n3-c1cc(-c2nc(-c3ccccc3)nc(-c3ccccc3)n2)cc(-c2ccccc2C#N)c1. The molecule has 0 saturated heterocycles. The highest BCUT2D eigenvalue weighted by Crippen LogP contribution is 2.53. The fourth-order valence-electron chi connectivity index (χ4n) is 8.40. The van der Waals surface area contributed by atoms with Gasteiger partial charge in [-0.05, 0) is 69.8 Å². The van der Waals surface area contributed by atoms with E-state index in [0.717, 1.165) is 44.5 Å². The average Bonchev–Trinajstić information content (AvgIpc) is 3.69. The Balaban J connectivity index is 1.28. The lowest BCUT2D eigenvalue weighted by Gasteiger charge is -2.22. The van der Waals surface area contributed by atoms with Crippen LogP contribution in [0.3, 0.4) is 0 Å². The van der Waals surface area contributed by atoms with Crippen LogP contribution in [0.15, 0.2) is 164 Å². The van der Waals surface area contributed by atoms with Gasteiger partial charge in [0.05, 0.1) is 22.7 Å². The van der Waals surface area contributed by atoms with Gasteiger partial charge in [-0.3, -0.25) is 0 Å². The third-order valence-electron chi connectivity index (χ3n) is 10.8. The molecule has 0 atom stereocenters. The Morgan fingerprint density at radius 3 is 1.78 bits per heavy atom. The monoisotopic (exact) mass is 691 g/mol. The Labute approximate surface area is 313 Å². The summed E-state index contributed by atoms with van der Waals surface area (Å²) in [5, 5.41) is 12.7. The number of nitriles is 1. The Hall–Kier alpha value is -7.16. The van der Waals surface area contributed by atoms with Crippen molar-refractivity contribution in [3.8, 4) is 68.2 Å². The molecular formula is C49H33N5. The van der Waals surface area contributed by atoms with E-state index in [4.69, 9.17) is 15.0 Å². The fraction of sp³-hybridized carbons (Fsp3) is 0.0612. The molecule has 0 radical (unpaired) electrons. The summed E-state index contributed by atoms with van der Waals surface area (Å²) in [6.45, 7) is 4.69. The summed E-state index contributed by atoms with van der Waals surface area (Å²) in [7, 11) is 0. The maximum atomic E-state index is 10.3. The third kappa shape index (κ3) is 4.88. The summed E-state index contributed by atoms with van der Waals surface area (Å²) < 4.78 is 2.36. The first-order valence-corrected chi connectivity index (χ1v) is 18.2. The largest absolute Gasteiger partial charge is 0.309 e. The molecule has 0 N–H and O–H groups in total. The van der Waals surface area contributed by atoms with Crippen LogP contribution in [0.4, 0.5) is 0 Å². The molecular weight excluding hydrogens is 659 g/mol. The molecule has 2 aromatic heterocycles. The Morgan fingerprint density at radius 1 is 0.500 bits per heavy atom. The molecule has 0 amide bonds. The number of hydrogen-bond acceptors (Lipinski definition) is 4. The summed E-state index contributed by atoms with van der Waals surface area (Å²) in [6, 6.07) is 58.8. The van der Waals surface area contributed by atoms with Crippen LogP contribution in [0.25, 0.3) is 83.9 Å². The number of aromatic nitrogens is 4. The van der Waals surface area contributed by atoms with Crippen LogP contribution in [-0.4, -0.2) is 19.5 Å². The predicted octanol–water partition coefficient (Wildman–Crippen LogP) is 11.8. The molecule has 0 spiro atoms. The summed E-state index contributed by atoms with van der Waals surface area (Å²) >= 11 is 0. The van der Waals surface area contributed by atoms with Crippen LogP contribution >= 0.6 is 0 Å². The zero-order valence-electron chi connectivity index (χ0n) is 29.8. The van der Waals surface area contributed by atoms with Crippen LogP contribution in [0.1, 0.15) is 30.5 Å². The highest BCUT2D eigenvalue weighted by molar-refractivity contribution is 6.14. The van der Waals surface area contributed by atoms with E-state index in [1.54, 1.807) is 0 Å². The first kappa shape index (κ1) is 31.6. The standard InChI is InChI=1S/C49H33N5/c1-49(2)41-23-13-11-21-38(41)39-25-26-43-44(45(39)49)40-22-12-14-24-42(40)54(43)36-28-34(37-20-10-9-19-33(37)30-50)27-35(29-36)48-52-46(31-15-5-3-6-16-31)51-47(53-48)32-17-7-4-8-18-32/h3-29H,1-2H3. The predicted molar refractivity (Wildman–Crippen MR) is 218 cm³/mol. The van der Waals surface area contributed by atoms with Crippen LogP contribution in [0, 0.1) is 11.3 Å². The maximum Gasteiger partial charge on any atom is 0.164 e.